The molecule has 0 rings (SSSR count). The second kappa shape index (κ2) is 2.98. The molecule has 0 bridgehead atoms. The van der Waals surface area contributed by atoms with Crippen LogP contribution in [0.3, 0.4) is 0 Å². The number of hydrogen-bond donors (Lipinski definition) is 0. The third-order valence-electron chi connectivity index (χ3n) is 0. The fourth-order valence-corrected chi connectivity index (χ4v) is 0. The summed E-state index contributed by atoms with van der Waals surface area (Å²) in [6.45, 7) is 9.31. The van der Waals surface area contributed by atoms with Gasteiger partial charge >= 0.3 is 0 Å². The van der Waals surface area contributed by atoms with Crippen LogP contribution in [-0.2, 0) is 21.1 Å². The SMILES string of the molecule is C[Si](C)(C)C.[Pt]. The van der Waals surface area contributed by atoms with Crippen molar-refractivity contribution in [2.45, 2.75) is 26.2 Å². The van der Waals surface area contributed by atoms with Crippen molar-refractivity contribution in [2.75, 3.05) is 0 Å². The van der Waals surface area contributed by atoms with Crippen LogP contribution >= 0.6 is 0 Å². The van der Waals surface area contributed by atoms with E-state index in [9.17, 15) is 0 Å². The first-order valence-corrected chi connectivity index (χ1v) is 6.00. The van der Waals surface area contributed by atoms with Gasteiger partial charge in [0, 0.05) is 29.1 Å². The fourth-order valence-electron chi connectivity index (χ4n) is 0. The summed E-state index contributed by atoms with van der Waals surface area (Å²) in [7, 11) is -0.611. The van der Waals surface area contributed by atoms with Gasteiger partial charge in [-0.05, 0) is 0 Å². The molecule has 0 aromatic rings. The summed E-state index contributed by atoms with van der Waals surface area (Å²) in [5.41, 5.74) is 0. The van der Waals surface area contributed by atoms with E-state index in [-0.39, 0.29) is 21.1 Å². The Kier molecular flexibility index (Phi) is 4.97. The van der Waals surface area contributed by atoms with Crippen molar-refractivity contribution in [1.29, 1.82) is 0 Å². The van der Waals surface area contributed by atoms with Crippen molar-refractivity contribution >= 4 is 8.07 Å². The van der Waals surface area contributed by atoms with Crippen molar-refractivity contribution in [3.63, 3.8) is 0 Å². The largest absolute Gasteiger partial charge is 0.0697 e. The van der Waals surface area contributed by atoms with Crippen LogP contribution in [0.15, 0.2) is 0 Å². The zero-order chi connectivity index (χ0) is 4.50. The van der Waals surface area contributed by atoms with Crippen LogP contribution in [0, 0.1) is 0 Å². The fraction of sp³-hybridized carbons (Fsp3) is 1.00. The molecule has 0 saturated carbocycles. The summed E-state index contributed by atoms with van der Waals surface area (Å²) in [6.07, 6.45) is 0. The normalized spacial score (nSPS) is 10.0. The molecule has 0 radical (unpaired) electrons. The molecule has 0 aliphatic rings. The Balaban J connectivity index is 0. The Morgan fingerprint density at radius 3 is 0.833 bits per heavy atom. The molecular weight excluding hydrogens is 271 g/mol. The van der Waals surface area contributed by atoms with Gasteiger partial charge in [-0.1, -0.05) is 26.2 Å². The molecule has 0 aromatic heterocycles. The predicted octanol–water partition coefficient (Wildman–Crippen LogP) is 1.95. The molecule has 6 heavy (non-hydrogen) atoms. The number of rotatable bonds is 0. The summed E-state index contributed by atoms with van der Waals surface area (Å²) in [6, 6.07) is 0. The van der Waals surface area contributed by atoms with Gasteiger partial charge in [-0.15, -0.1) is 0 Å². The van der Waals surface area contributed by atoms with E-state index in [1.807, 2.05) is 0 Å². The van der Waals surface area contributed by atoms with E-state index in [1.54, 1.807) is 0 Å². The summed E-state index contributed by atoms with van der Waals surface area (Å²) < 4.78 is 0. The van der Waals surface area contributed by atoms with Crippen molar-refractivity contribution in [3.05, 3.63) is 0 Å². The van der Waals surface area contributed by atoms with Crippen LogP contribution < -0.4 is 0 Å². The molecule has 0 N–H and O–H groups in total. The van der Waals surface area contributed by atoms with Gasteiger partial charge in [-0.2, -0.15) is 0 Å². The van der Waals surface area contributed by atoms with Crippen LogP contribution in [0.4, 0.5) is 0 Å². The summed E-state index contributed by atoms with van der Waals surface area (Å²) >= 11 is 0. The molecule has 0 heterocycles. The van der Waals surface area contributed by atoms with E-state index in [0.717, 1.165) is 0 Å². The van der Waals surface area contributed by atoms with Crippen molar-refractivity contribution in [2.24, 2.45) is 0 Å². The zero-order valence-electron chi connectivity index (χ0n) is 4.82. The molecular formula is C4H12PtSi. The molecule has 0 aliphatic carbocycles. The molecule has 0 aliphatic heterocycles. The van der Waals surface area contributed by atoms with E-state index < -0.39 is 8.07 Å². The Bertz CT molecular complexity index is 23.0. The first-order chi connectivity index (χ1) is 2.00. The van der Waals surface area contributed by atoms with E-state index in [2.05, 4.69) is 26.2 Å². The van der Waals surface area contributed by atoms with Crippen LogP contribution in [0.25, 0.3) is 0 Å². The second-order valence-corrected chi connectivity index (χ2v) is 9.00. The van der Waals surface area contributed by atoms with Gasteiger partial charge in [-0.3, -0.25) is 0 Å². The third-order valence-corrected chi connectivity index (χ3v) is 0. The molecule has 0 atom stereocenters. The smallest absolute Gasteiger partial charge is 0.0411 e. The monoisotopic (exact) mass is 283 g/mol. The van der Waals surface area contributed by atoms with Crippen LogP contribution in [0.1, 0.15) is 0 Å². The second-order valence-electron chi connectivity index (χ2n) is 3.00. The molecule has 0 fully saturated rings. The first kappa shape index (κ1) is 10.0. The molecule has 42 valence electrons. The summed E-state index contributed by atoms with van der Waals surface area (Å²) in [4.78, 5) is 0. The molecule has 0 nitrogen and oxygen atoms in total. The Morgan fingerprint density at radius 2 is 0.833 bits per heavy atom. The zero-order valence-corrected chi connectivity index (χ0v) is 8.09. The molecule has 2 heteroatoms. The van der Waals surface area contributed by atoms with Gasteiger partial charge in [0.15, 0.2) is 0 Å². The quantitative estimate of drug-likeness (QED) is 0.596. The maximum atomic E-state index is 2.33. The van der Waals surface area contributed by atoms with Crippen molar-refractivity contribution < 1.29 is 21.1 Å². The Morgan fingerprint density at radius 1 is 0.833 bits per heavy atom. The van der Waals surface area contributed by atoms with E-state index >= 15 is 0 Å². The van der Waals surface area contributed by atoms with E-state index in [1.165, 1.54) is 0 Å². The minimum atomic E-state index is -0.611. The minimum absolute atomic E-state index is 0. The number of hydrogen-bond acceptors (Lipinski definition) is 0. The topological polar surface area (TPSA) is 0 Å². The maximum Gasteiger partial charge on any atom is 0.0411 e. The average molecular weight is 283 g/mol. The maximum absolute atomic E-state index is 2.33. The summed E-state index contributed by atoms with van der Waals surface area (Å²) in [5.74, 6) is 0. The van der Waals surface area contributed by atoms with Crippen molar-refractivity contribution in [3.8, 4) is 0 Å². The molecule has 0 unspecified atom stereocenters. The van der Waals surface area contributed by atoms with Gasteiger partial charge in [0.2, 0.25) is 0 Å². The van der Waals surface area contributed by atoms with E-state index in [0.29, 0.717) is 0 Å². The van der Waals surface area contributed by atoms with Gasteiger partial charge in [0.25, 0.3) is 0 Å². The molecule has 0 amide bonds. The predicted molar refractivity (Wildman–Crippen MR) is 29.2 cm³/mol. The van der Waals surface area contributed by atoms with Gasteiger partial charge < -0.3 is 0 Å². The minimum Gasteiger partial charge on any atom is -0.0697 e. The summed E-state index contributed by atoms with van der Waals surface area (Å²) in [5, 5.41) is 0. The molecule has 0 spiro atoms. The standard InChI is InChI=1S/C4H12Si.Pt/c1-5(2,3)4;/h1-4H3;. The van der Waals surface area contributed by atoms with Crippen LogP contribution in [0.5, 0.6) is 0 Å². The Hall–Kier alpha value is 0.905. The van der Waals surface area contributed by atoms with Gasteiger partial charge in [0.05, 0.1) is 0 Å². The average Bonchev–Trinajstić information content (AvgIpc) is 0.722. The van der Waals surface area contributed by atoms with Gasteiger partial charge in [-0.25, -0.2) is 0 Å². The molecule has 0 aromatic carbocycles. The van der Waals surface area contributed by atoms with Crippen LogP contribution in [-0.4, -0.2) is 8.07 Å². The van der Waals surface area contributed by atoms with Crippen LogP contribution in [0.2, 0.25) is 26.2 Å². The van der Waals surface area contributed by atoms with Gasteiger partial charge in [0.1, 0.15) is 0 Å². The van der Waals surface area contributed by atoms with Crippen molar-refractivity contribution in [1.82, 2.24) is 0 Å². The van der Waals surface area contributed by atoms with E-state index in [4.69, 9.17) is 0 Å². The third kappa shape index (κ3) is 91.3. The Labute approximate surface area is 55.6 Å². The first-order valence-electron chi connectivity index (χ1n) is 2.00. The molecule has 0 saturated heterocycles.